The molecule has 0 fully saturated rings. The molecule has 4 unspecified atom stereocenters. The van der Waals surface area contributed by atoms with Gasteiger partial charge in [0.15, 0.2) is 0 Å². The number of benzene rings is 1. The molecule has 0 amide bonds. The topological polar surface area (TPSA) is 18.5 Å². The second kappa shape index (κ2) is 2.49. The van der Waals surface area contributed by atoms with E-state index in [1.165, 1.54) is 22.3 Å². The summed E-state index contributed by atoms with van der Waals surface area (Å²) in [5.74, 6) is 0. The summed E-state index contributed by atoms with van der Waals surface area (Å²) in [5.41, 5.74) is 4.80. The van der Waals surface area contributed by atoms with E-state index >= 15 is 0 Å². The third-order valence-corrected chi connectivity index (χ3v) is 4.80. The summed E-state index contributed by atoms with van der Waals surface area (Å²) in [6.45, 7) is 4.30. The standard InChI is InChI=1S/C16H14O2/c1-15-5-6-16(2,18-15)12-8-10-9(7-11(12)15)13-3-4-14(10)17-13/h3-8,13-14H,1-2H3. The third-order valence-electron chi connectivity index (χ3n) is 4.80. The quantitative estimate of drug-likeness (QED) is 0.645. The summed E-state index contributed by atoms with van der Waals surface area (Å²) >= 11 is 0. The van der Waals surface area contributed by atoms with Crippen LogP contribution in [0.5, 0.6) is 0 Å². The molecule has 0 saturated heterocycles. The van der Waals surface area contributed by atoms with Crippen molar-refractivity contribution in [3.05, 3.63) is 58.7 Å². The Morgan fingerprint density at radius 3 is 1.89 bits per heavy atom. The molecule has 5 rings (SSSR count). The normalized spacial score (nSPS) is 44.8. The van der Waals surface area contributed by atoms with Crippen LogP contribution in [0.2, 0.25) is 0 Å². The number of hydrogen-bond donors (Lipinski definition) is 0. The van der Waals surface area contributed by atoms with Crippen molar-refractivity contribution < 1.29 is 9.47 Å². The van der Waals surface area contributed by atoms with Gasteiger partial charge in [-0.2, -0.15) is 0 Å². The summed E-state index contributed by atoms with van der Waals surface area (Å²) in [4.78, 5) is 0. The zero-order valence-corrected chi connectivity index (χ0v) is 10.4. The minimum absolute atomic E-state index is 0.162. The van der Waals surface area contributed by atoms with Crippen molar-refractivity contribution in [1.29, 1.82) is 0 Å². The van der Waals surface area contributed by atoms with E-state index in [4.69, 9.17) is 9.47 Å². The molecule has 0 aromatic heterocycles. The molecule has 4 heterocycles. The molecule has 0 N–H and O–H groups in total. The summed E-state index contributed by atoms with van der Waals surface area (Å²) in [6, 6.07) is 4.60. The van der Waals surface area contributed by atoms with Gasteiger partial charge in [-0.05, 0) is 60.4 Å². The Bertz CT molecular complexity index is 604. The molecule has 2 nitrogen and oxygen atoms in total. The van der Waals surface area contributed by atoms with E-state index in [0.29, 0.717) is 0 Å². The van der Waals surface area contributed by atoms with Crippen LogP contribution in [0.4, 0.5) is 0 Å². The third kappa shape index (κ3) is 0.846. The molecule has 1 aromatic carbocycles. The highest BCUT2D eigenvalue weighted by atomic mass is 16.5. The molecule has 4 aliphatic heterocycles. The van der Waals surface area contributed by atoms with Crippen molar-refractivity contribution in [2.45, 2.75) is 37.3 Å². The first kappa shape index (κ1) is 9.54. The van der Waals surface area contributed by atoms with Gasteiger partial charge >= 0.3 is 0 Å². The maximum absolute atomic E-state index is 6.21. The highest BCUT2D eigenvalue weighted by molar-refractivity contribution is 5.57. The molecule has 90 valence electrons. The van der Waals surface area contributed by atoms with E-state index < -0.39 is 0 Å². The fourth-order valence-corrected chi connectivity index (χ4v) is 3.87. The summed E-state index contributed by atoms with van der Waals surface area (Å²) in [6.07, 6.45) is 9.02. The highest BCUT2D eigenvalue weighted by Crippen LogP contribution is 2.57. The van der Waals surface area contributed by atoms with Crippen LogP contribution in [0.15, 0.2) is 36.4 Å². The lowest BCUT2D eigenvalue weighted by atomic mass is 9.79. The minimum atomic E-state index is -0.245. The van der Waals surface area contributed by atoms with E-state index in [0.717, 1.165) is 0 Å². The van der Waals surface area contributed by atoms with Gasteiger partial charge in [0.05, 0.1) is 0 Å². The van der Waals surface area contributed by atoms with Gasteiger partial charge in [-0.3, -0.25) is 0 Å². The van der Waals surface area contributed by atoms with Gasteiger partial charge in [0, 0.05) is 0 Å². The second-order valence-electron chi connectivity index (χ2n) is 6.04. The van der Waals surface area contributed by atoms with Crippen LogP contribution in [0, 0.1) is 0 Å². The average Bonchev–Trinajstić information content (AvgIpc) is 3.05. The Hall–Kier alpha value is -1.38. The molecule has 1 aromatic rings. The molecule has 0 spiro atoms. The van der Waals surface area contributed by atoms with Gasteiger partial charge in [0.1, 0.15) is 23.4 Å². The van der Waals surface area contributed by atoms with Crippen LogP contribution in [-0.4, -0.2) is 0 Å². The number of ether oxygens (including phenoxy) is 2. The zero-order valence-electron chi connectivity index (χ0n) is 10.4. The van der Waals surface area contributed by atoms with Gasteiger partial charge in [0.25, 0.3) is 0 Å². The molecule has 4 bridgehead atoms. The molecule has 2 heteroatoms. The van der Waals surface area contributed by atoms with E-state index in [1.807, 2.05) is 0 Å². The Balaban J connectivity index is 1.83. The number of hydrogen-bond acceptors (Lipinski definition) is 2. The molecular weight excluding hydrogens is 224 g/mol. The van der Waals surface area contributed by atoms with Crippen LogP contribution >= 0.6 is 0 Å². The van der Waals surface area contributed by atoms with Crippen LogP contribution in [0.1, 0.15) is 48.3 Å². The molecule has 4 atom stereocenters. The van der Waals surface area contributed by atoms with E-state index in [1.54, 1.807) is 0 Å². The zero-order chi connectivity index (χ0) is 12.1. The van der Waals surface area contributed by atoms with Crippen LogP contribution in [0.3, 0.4) is 0 Å². The van der Waals surface area contributed by atoms with Gasteiger partial charge in [0.2, 0.25) is 0 Å². The van der Waals surface area contributed by atoms with Crippen molar-refractivity contribution in [3.63, 3.8) is 0 Å². The van der Waals surface area contributed by atoms with Crippen molar-refractivity contribution in [2.24, 2.45) is 0 Å². The fraction of sp³-hybridized carbons (Fsp3) is 0.375. The Morgan fingerprint density at radius 1 is 0.889 bits per heavy atom. The molecule has 0 saturated carbocycles. The molecule has 0 aliphatic carbocycles. The van der Waals surface area contributed by atoms with Gasteiger partial charge in [-0.25, -0.2) is 0 Å². The monoisotopic (exact) mass is 238 g/mol. The Morgan fingerprint density at radius 2 is 1.39 bits per heavy atom. The predicted octanol–water partition coefficient (Wildman–Crippen LogP) is 3.40. The minimum Gasteiger partial charge on any atom is -0.357 e. The van der Waals surface area contributed by atoms with Gasteiger partial charge in [-0.1, -0.05) is 12.2 Å². The van der Waals surface area contributed by atoms with Crippen LogP contribution < -0.4 is 0 Å². The summed E-state index contributed by atoms with van der Waals surface area (Å²) in [7, 11) is 0. The Labute approximate surface area is 106 Å². The first-order valence-corrected chi connectivity index (χ1v) is 6.52. The summed E-state index contributed by atoms with van der Waals surface area (Å²) in [5, 5.41) is 0. The first-order valence-electron chi connectivity index (χ1n) is 6.52. The summed E-state index contributed by atoms with van der Waals surface area (Å²) < 4.78 is 12.1. The van der Waals surface area contributed by atoms with E-state index in [2.05, 4.69) is 50.3 Å². The smallest absolute Gasteiger partial charge is 0.111 e. The molecule has 0 radical (unpaired) electrons. The first-order chi connectivity index (χ1) is 8.59. The van der Waals surface area contributed by atoms with E-state index in [9.17, 15) is 0 Å². The van der Waals surface area contributed by atoms with Crippen molar-refractivity contribution >= 4 is 0 Å². The number of rotatable bonds is 0. The fourth-order valence-electron chi connectivity index (χ4n) is 3.87. The van der Waals surface area contributed by atoms with E-state index in [-0.39, 0.29) is 23.4 Å². The number of fused-ring (bicyclic) bond motifs is 10. The lowest BCUT2D eigenvalue weighted by Gasteiger charge is -2.20. The van der Waals surface area contributed by atoms with Gasteiger partial charge in [-0.15, -0.1) is 0 Å². The largest absolute Gasteiger partial charge is 0.357 e. The highest BCUT2D eigenvalue weighted by Gasteiger charge is 2.52. The predicted molar refractivity (Wildman–Crippen MR) is 67.1 cm³/mol. The van der Waals surface area contributed by atoms with Crippen molar-refractivity contribution in [2.75, 3.05) is 0 Å². The van der Waals surface area contributed by atoms with Crippen molar-refractivity contribution in [3.8, 4) is 0 Å². The lowest BCUT2D eigenvalue weighted by molar-refractivity contribution is -0.0496. The maximum Gasteiger partial charge on any atom is 0.111 e. The van der Waals surface area contributed by atoms with Gasteiger partial charge < -0.3 is 9.47 Å². The molecule has 4 aliphatic rings. The average molecular weight is 238 g/mol. The second-order valence-corrected chi connectivity index (χ2v) is 6.04. The SMILES string of the molecule is CC12C=CC(C)(O1)c1cc3c(cc12)C1C=CC3O1. The molecular formula is C16H14O2. The van der Waals surface area contributed by atoms with Crippen LogP contribution in [-0.2, 0) is 20.7 Å². The maximum atomic E-state index is 6.21. The Kier molecular flexibility index (Phi) is 1.32. The lowest BCUT2D eigenvalue weighted by Crippen LogP contribution is -2.17. The molecule has 18 heavy (non-hydrogen) atoms. The van der Waals surface area contributed by atoms with Crippen molar-refractivity contribution in [1.82, 2.24) is 0 Å². The van der Waals surface area contributed by atoms with Crippen LogP contribution in [0.25, 0.3) is 0 Å².